The number of thioether (sulfide) groups is 1. The molecule has 8 heteroatoms. The highest BCUT2D eigenvalue weighted by Gasteiger charge is 2.18. The molecule has 0 aliphatic rings. The van der Waals surface area contributed by atoms with Crippen LogP contribution in [0.1, 0.15) is 5.56 Å². The smallest absolute Gasteiger partial charge is 0.263 e. The summed E-state index contributed by atoms with van der Waals surface area (Å²) in [7, 11) is 0. The first kappa shape index (κ1) is 22.7. The van der Waals surface area contributed by atoms with Crippen LogP contribution in [0, 0.1) is 0 Å². The van der Waals surface area contributed by atoms with E-state index in [4.69, 9.17) is 0 Å². The van der Waals surface area contributed by atoms with Crippen molar-refractivity contribution in [1.82, 2.24) is 14.9 Å². The second kappa shape index (κ2) is 10.4. The predicted octanol–water partition coefficient (Wildman–Crippen LogP) is 4.29. The average molecular weight is 476 g/mol. The summed E-state index contributed by atoms with van der Waals surface area (Å²) in [6, 6.07) is 18.9. The minimum absolute atomic E-state index is 0.0352. The van der Waals surface area contributed by atoms with Crippen LogP contribution in [0.25, 0.3) is 21.3 Å². The zero-order valence-electron chi connectivity index (χ0n) is 17.7. The van der Waals surface area contributed by atoms with Crippen LogP contribution in [-0.2, 0) is 22.6 Å². The van der Waals surface area contributed by atoms with Gasteiger partial charge >= 0.3 is 0 Å². The Morgan fingerprint density at radius 1 is 1.06 bits per heavy atom. The van der Waals surface area contributed by atoms with Crippen LogP contribution in [0.5, 0.6) is 0 Å². The van der Waals surface area contributed by atoms with Gasteiger partial charge in [-0.25, -0.2) is 4.98 Å². The number of nitrogens with one attached hydrogen (secondary N) is 1. The predicted molar refractivity (Wildman–Crippen MR) is 134 cm³/mol. The third kappa shape index (κ3) is 5.30. The molecule has 4 aromatic rings. The van der Waals surface area contributed by atoms with E-state index in [0.29, 0.717) is 15.4 Å². The molecule has 0 aliphatic heterocycles. The number of benzene rings is 2. The molecule has 0 fully saturated rings. The number of thiophene rings is 1. The Labute approximate surface area is 199 Å². The monoisotopic (exact) mass is 475 g/mol. The maximum absolute atomic E-state index is 13.3. The highest BCUT2D eigenvalue weighted by molar-refractivity contribution is 7.99. The largest absolute Gasteiger partial charge is 0.295 e. The normalized spacial score (nSPS) is 10.8. The summed E-state index contributed by atoms with van der Waals surface area (Å²) in [6.07, 6.45) is 1.75. The molecule has 0 saturated heterocycles. The van der Waals surface area contributed by atoms with Crippen LogP contribution in [0.2, 0.25) is 0 Å². The number of imide groups is 1. The van der Waals surface area contributed by atoms with Crippen LogP contribution >= 0.6 is 23.1 Å². The number of rotatable bonds is 8. The number of fused-ring (bicyclic) bond motifs is 1. The number of carbonyl (C=O) groups is 2. The number of aromatic nitrogens is 2. The number of allylic oxidation sites excluding steroid dienone is 1. The molecule has 0 unspecified atom stereocenters. The van der Waals surface area contributed by atoms with Gasteiger partial charge < -0.3 is 0 Å². The van der Waals surface area contributed by atoms with E-state index in [-0.39, 0.29) is 30.2 Å². The lowest BCUT2D eigenvalue weighted by Crippen LogP contribution is -2.33. The second-order valence-electron chi connectivity index (χ2n) is 7.22. The molecule has 166 valence electrons. The maximum Gasteiger partial charge on any atom is 0.263 e. The zero-order valence-corrected chi connectivity index (χ0v) is 19.3. The van der Waals surface area contributed by atoms with Gasteiger partial charge in [-0.3, -0.25) is 24.3 Å². The van der Waals surface area contributed by atoms with Crippen molar-refractivity contribution in [2.45, 2.75) is 18.1 Å². The third-order valence-electron chi connectivity index (χ3n) is 4.87. The van der Waals surface area contributed by atoms with Crippen molar-refractivity contribution in [2.24, 2.45) is 0 Å². The highest BCUT2D eigenvalue weighted by Crippen LogP contribution is 2.32. The molecule has 33 heavy (non-hydrogen) atoms. The molecule has 2 aromatic heterocycles. The molecule has 0 aliphatic carbocycles. The molecule has 2 amide bonds. The van der Waals surface area contributed by atoms with Crippen molar-refractivity contribution in [3.63, 3.8) is 0 Å². The van der Waals surface area contributed by atoms with Crippen molar-refractivity contribution < 1.29 is 9.59 Å². The van der Waals surface area contributed by atoms with Crippen LogP contribution in [0.15, 0.2) is 88.6 Å². The van der Waals surface area contributed by atoms with Gasteiger partial charge in [0.25, 0.3) is 5.56 Å². The molecular formula is C25H21N3O3S2. The van der Waals surface area contributed by atoms with E-state index in [0.717, 1.165) is 28.5 Å². The molecule has 2 heterocycles. The van der Waals surface area contributed by atoms with Crippen molar-refractivity contribution in [1.29, 1.82) is 0 Å². The maximum atomic E-state index is 13.3. The van der Waals surface area contributed by atoms with E-state index >= 15 is 0 Å². The fraction of sp³-hybridized carbons (Fsp3) is 0.120. The summed E-state index contributed by atoms with van der Waals surface area (Å²) >= 11 is 2.52. The third-order valence-corrected chi connectivity index (χ3v) is 6.72. The van der Waals surface area contributed by atoms with Gasteiger partial charge in [0.15, 0.2) is 5.16 Å². The summed E-state index contributed by atoms with van der Waals surface area (Å²) in [5, 5.41) is 5.29. The van der Waals surface area contributed by atoms with Crippen LogP contribution in [0.4, 0.5) is 0 Å². The van der Waals surface area contributed by atoms with Gasteiger partial charge in [-0.2, -0.15) is 0 Å². The van der Waals surface area contributed by atoms with Gasteiger partial charge in [0.2, 0.25) is 11.8 Å². The van der Waals surface area contributed by atoms with E-state index in [1.54, 1.807) is 6.08 Å². The van der Waals surface area contributed by atoms with Crippen molar-refractivity contribution in [3.8, 4) is 11.1 Å². The number of carbonyl (C=O) groups excluding carboxylic acids is 2. The topological polar surface area (TPSA) is 81.1 Å². The molecule has 1 N–H and O–H groups in total. The Hall–Kier alpha value is -3.49. The summed E-state index contributed by atoms with van der Waals surface area (Å²) in [5.74, 6) is -0.840. The molecule has 0 bridgehead atoms. The molecule has 0 spiro atoms. The first-order chi connectivity index (χ1) is 16.1. The quantitative estimate of drug-likeness (QED) is 0.234. The number of amides is 2. The van der Waals surface area contributed by atoms with E-state index < -0.39 is 5.91 Å². The van der Waals surface area contributed by atoms with Crippen molar-refractivity contribution in [3.05, 3.63) is 94.6 Å². The molecular weight excluding hydrogens is 454 g/mol. The second-order valence-corrected chi connectivity index (χ2v) is 9.02. The van der Waals surface area contributed by atoms with Crippen LogP contribution in [-0.4, -0.2) is 27.1 Å². The fourth-order valence-corrected chi connectivity index (χ4v) is 5.18. The van der Waals surface area contributed by atoms with Gasteiger partial charge in [-0.05, 0) is 11.1 Å². The lowest BCUT2D eigenvalue weighted by Gasteiger charge is -2.11. The van der Waals surface area contributed by atoms with Gasteiger partial charge in [-0.1, -0.05) is 78.5 Å². The van der Waals surface area contributed by atoms with E-state index in [1.165, 1.54) is 15.9 Å². The lowest BCUT2D eigenvalue weighted by atomic mass is 10.1. The zero-order chi connectivity index (χ0) is 23.2. The fourth-order valence-electron chi connectivity index (χ4n) is 3.38. The number of hydrogen-bond donors (Lipinski definition) is 1. The SMILES string of the molecule is C=CCn1c(SCC(=O)NC(=O)Cc2ccccc2)nc2scc(-c3ccccc3)c2c1=O. The van der Waals surface area contributed by atoms with E-state index in [9.17, 15) is 14.4 Å². The first-order valence-electron chi connectivity index (χ1n) is 10.2. The minimum Gasteiger partial charge on any atom is -0.295 e. The molecule has 4 rings (SSSR count). The van der Waals surface area contributed by atoms with Crippen LogP contribution < -0.4 is 10.9 Å². The van der Waals surface area contributed by atoms with Gasteiger partial charge in [0, 0.05) is 17.5 Å². The standard InChI is InChI=1S/C25H21N3O3S2/c1-2-13-28-24(31)22-19(18-11-7-4-8-12-18)15-32-23(22)27-25(28)33-16-21(30)26-20(29)14-17-9-5-3-6-10-17/h2-12,15H,1,13-14,16H2,(H,26,29,30). The molecule has 0 atom stereocenters. The molecule has 2 aromatic carbocycles. The van der Waals surface area contributed by atoms with E-state index in [1.807, 2.05) is 66.0 Å². The first-order valence-corrected chi connectivity index (χ1v) is 12.1. The highest BCUT2D eigenvalue weighted by atomic mass is 32.2. The van der Waals surface area contributed by atoms with E-state index in [2.05, 4.69) is 16.9 Å². The summed E-state index contributed by atoms with van der Waals surface area (Å²) in [5.41, 5.74) is 2.44. The Balaban J connectivity index is 1.53. The average Bonchev–Trinajstić information content (AvgIpc) is 3.25. The molecule has 0 saturated carbocycles. The Bertz CT molecular complexity index is 1360. The Kier molecular flexibility index (Phi) is 7.16. The van der Waals surface area contributed by atoms with Crippen LogP contribution in [0.3, 0.4) is 0 Å². The Morgan fingerprint density at radius 3 is 2.45 bits per heavy atom. The van der Waals surface area contributed by atoms with Gasteiger partial charge in [0.1, 0.15) is 4.83 Å². The van der Waals surface area contributed by atoms with Crippen molar-refractivity contribution >= 4 is 45.1 Å². The molecule has 6 nitrogen and oxygen atoms in total. The summed E-state index contributed by atoms with van der Waals surface area (Å²) in [6.45, 7) is 4.01. The minimum atomic E-state index is -0.434. The number of nitrogens with zero attached hydrogens (tertiary/aromatic N) is 2. The van der Waals surface area contributed by atoms with Gasteiger partial charge in [-0.15, -0.1) is 17.9 Å². The number of hydrogen-bond acceptors (Lipinski definition) is 6. The lowest BCUT2D eigenvalue weighted by molar-refractivity contribution is -0.128. The van der Waals surface area contributed by atoms with Crippen molar-refractivity contribution in [2.75, 3.05) is 5.75 Å². The summed E-state index contributed by atoms with van der Waals surface area (Å²) < 4.78 is 1.51. The Morgan fingerprint density at radius 2 is 1.76 bits per heavy atom. The molecule has 0 radical (unpaired) electrons. The summed E-state index contributed by atoms with van der Waals surface area (Å²) in [4.78, 5) is 43.1. The van der Waals surface area contributed by atoms with Gasteiger partial charge in [0.05, 0.1) is 17.6 Å².